The van der Waals surface area contributed by atoms with Gasteiger partial charge in [-0.25, -0.2) is 9.97 Å². The van der Waals surface area contributed by atoms with Crippen LogP contribution >= 0.6 is 12.4 Å². The Morgan fingerprint density at radius 3 is 2.50 bits per heavy atom. The predicted octanol–water partition coefficient (Wildman–Crippen LogP) is 2.48. The molecule has 0 spiro atoms. The second-order valence-electron chi connectivity index (χ2n) is 4.38. The van der Waals surface area contributed by atoms with Crippen LogP contribution in [0.5, 0.6) is 0 Å². The van der Waals surface area contributed by atoms with Crippen LogP contribution < -0.4 is 11.1 Å². The number of nitrogens with zero attached hydrogens (tertiary/aromatic N) is 4. The first-order valence-corrected chi connectivity index (χ1v) is 6.12. The second-order valence-corrected chi connectivity index (χ2v) is 4.38. The lowest BCUT2D eigenvalue weighted by Crippen LogP contribution is -2.22. The fraction of sp³-hybridized carbons (Fsp3) is 0.154. The van der Waals surface area contributed by atoms with Gasteiger partial charge in [0, 0.05) is 29.2 Å². The average molecular weight is 323 g/mol. The number of aromatic nitrogens is 2. The topological polar surface area (TPSA) is 119 Å². The number of hydrogen-bond donors (Lipinski definition) is 2. The molecule has 1 aromatic heterocycles. The van der Waals surface area contributed by atoms with E-state index in [-0.39, 0.29) is 30.0 Å². The summed E-state index contributed by atoms with van der Waals surface area (Å²) in [5, 5.41) is 13.5. The molecule has 0 amide bonds. The third-order valence-corrected chi connectivity index (χ3v) is 2.52. The lowest BCUT2D eigenvalue weighted by atomic mass is 10.3. The molecule has 0 atom stereocenters. The summed E-state index contributed by atoms with van der Waals surface area (Å²) in [6.45, 7) is 3.66. The third kappa shape index (κ3) is 4.67. The molecular weight excluding hydrogens is 308 g/mol. The Labute approximate surface area is 133 Å². The van der Waals surface area contributed by atoms with E-state index in [9.17, 15) is 10.1 Å². The number of halogens is 1. The van der Waals surface area contributed by atoms with Crippen molar-refractivity contribution in [1.29, 1.82) is 0 Å². The molecule has 0 fully saturated rings. The highest BCUT2D eigenvalue weighted by atomic mass is 35.5. The van der Waals surface area contributed by atoms with E-state index in [0.29, 0.717) is 5.69 Å². The van der Waals surface area contributed by atoms with Crippen LogP contribution in [0.4, 0.5) is 17.3 Å². The summed E-state index contributed by atoms with van der Waals surface area (Å²) >= 11 is 0. The number of nitro groups is 1. The minimum absolute atomic E-state index is 0. The minimum atomic E-state index is -0.481. The molecule has 1 aromatic carbocycles. The molecule has 0 saturated carbocycles. The van der Waals surface area contributed by atoms with Crippen LogP contribution in [0.25, 0.3) is 0 Å². The highest BCUT2D eigenvalue weighted by molar-refractivity contribution is 5.93. The van der Waals surface area contributed by atoms with Crippen LogP contribution in [0.2, 0.25) is 0 Å². The zero-order valence-electron chi connectivity index (χ0n) is 12.0. The molecule has 0 radical (unpaired) electrons. The maximum atomic E-state index is 10.7. The summed E-state index contributed by atoms with van der Waals surface area (Å²) in [7, 11) is 0. The van der Waals surface area contributed by atoms with Gasteiger partial charge in [-0.05, 0) is 26.0 Å². The lowest BCUT2D eigenvalue weighted by Gasteiger charge is -2.05. The van der Waals surface area contributed by atoms with Gasteiger partial charge in [0.15, 0.2) is 0 Å². The number of benzene rings is 1. The molecule has 3 N–H and O–H groups in total. The van der Waals surface area contributed by atoms with Crippen LogP contribution in [-0.2, 0) is 0 Å². The molecule has 22 heavy (non-hydrogen) atoms. The van der Waals surface area contributed by atoms with Gasteiger partial charge in [-0.3, -0.25) is 10.1 Å². The van der Waals surface area contributed by atoms with Crippen molar-refractivity contribution in [3.63, 3.8) is 0 Å². The molecule has 1 heterocycles. The number of rotatable bonds is 3. The zero-order valence-corrected chi connectivity index (χ0v) is 12.8. The Morgan fingerprint density at radius 2 is 1.91 bits per heavy atom. The van der Waals surface area contributed by atoms with Crippen molar-refractivity contribution >= 4 is 35.7 Å². The highest BCUT2D eigenvalue weighted by Gasteiger charge is 2.06. The van der Waals surface area contributed by atoms with Crippen LogP contribution in [0, 0.1) is 24.0 Å². The molecule has 0 saturated heterocycles. The monoisotopic (exact) mass is 322 g/mol. The van der Waals surface area contributed by atoms with E-state index in [2.05, 4.69) is 20.3 Å². The molecule has 9 heteroatoms. The molecule has 0 aliphatic heterocycles. The number of hydrogen-bond acceptors (Lipinski definition) is 5. The largest absolute Gasteiger partial charge is 0.369 e. The Kier molecular flexibility index (Phi) is 5.76. The van der Waals surface area contributed by atoms with Gasteiger partial charge in [-0.2, -0.15) is 4.99 Å². The van der Waals surface area contributed by atoms with E-state index in [1.54, 1.807) is 12.1 Å². The summed E-state index contributed by atoms with van der Waals surface area (Å²) in [6.07, 6.45) is 0. The fourth-order valence-corrected chi connectivity index (χ4v) is 1.74. The molecule has 0 unspecified atom stereocenters. The lowest BCUT2D eigenvalue weighted by molar-refractivity contribution is -0.384. The standard InChI is InChI=1S/C13H14N6O2.ClH/c1-8-6-9(2)16-13(15-8)18-12(14)17-10-4-3-5-11(7-10)19(20)21;/h3-7H,1-2H3,(H3,14,15,16,17,18);1H. The minimum Gasteiger partial charge on any atom is -0.369 e. The van der Waals surface area contributed by atoms with E-state index < -0.39 is 4.92 Å². The number of aryl methyl sites for hydroxylation is 2. The first-order chi connectivity index (χ1) is 9.94. The Bertz CT molecular complexity index is 699. The fourth-order valence-electron chi connectivity index (χ4n) is 1.74. The Hall–Kier alpha value is -2.74. The highest BCUT2D eigenvalue weighted by Crippen LogP contribution is 2.17. The van der Waals surface area contributed by atoms with Crippen molar-refractivity contribution < 1.29 is 4.92 Å². The van der Waals surface area contributed by atoms with Crippen LogP contribution in [0.3, 0.4) is 0 Å². The quantitative estimate of drug-likeness (QED) is 0.388. The van der Waals surface area contributed by atoms with Crippen LogP contribution in [-0.4, -0.2) is 20.9 Å². The van der Waals surface area contributed by atoms with Crippen molar-refractivity contribution in [3.05, 3.63) is 51.8 Å². The average Bonchev–Trinajstić information content (AvgIpc) is 2.37. The molecule has 116 valence electrons. The van der Waals surface area contributed by atoms with Gasteiger partial charge in [0.25, 0.3) is 11.6 Å². The Balaban J connectivity index is 0.00000242. The molecule has 8 nitrogen and oxygen atoms in total. The van der Waals surface area contributed by atoms with E-state index in [0.717, 1.165) is 11.4 Å². The van der Waals surface area contributed by atoms with E-state index >= 15 is 0 Å². The molecule has 2 rings (SSSR count). The number of anilines is 1. The maximum absolute atomic E-state index is 10.7. The first-order valence-electron chi connectivity index (χ1n) is 6.12. The predicted molar refractivity (Wildman–Crippen MR) is 86.8 cm³/mol. The summed E-state index contributed by atoms with van der Waals surface area (Å²) in [5.41, 5.74) is 7.75. The summed E-state index contributed by atoms with van der Waals surface area (Å²) in [5.74, 6) is 0.295. The third-order valence-electron chi connectivity index (χ3n) is 2.52. The second kappa shape index (κ2) is 7.32. The number of guanidine groups is 1. The van der Waals surface area contributed by atoms with Crippen molar-refractivity contribution in [1.82, 2.24) is 9.97 Å². The molecule has 0 aliphatic rings. The van der Waals surface area contributed by atoms with Gasteiger partial charge < -0.3 is 11.1 Å². The SMILES string of the molecule is Cc1cc(C)nc(/N=C(\N)Nc2cccc([N+](=O)[O-])c2)n1.Cl. The van der Waals surface area contributed by atoms with Gasteiger partial charge in [0.05, 0.1) is 4.92 Å². The molecular formula is C13H15ClN6O2. The van der Waals surface area contributed by atoms with Gasteiger partial charge in [0.2, 0.25) is 5.96 Å². The van der Waals surface area contributed by atoms with Crippen molar-refractivity contribution in [3.8, 4) is 0 Å². The first kappa shape index (κ1) is 17.3. The zero-order chi connectivity index (χ0) is 15.4. The molecule has 0 bridgehead atoms. The van der Waals surface area contributed by atoms with Gasteiger partial charge in [-0.15, -0.1) is 12.4 Å². The summed E-state index contributed by atoms with van der Waals surface area (Å²) < 4.78 is 0. The van der Waals surface area contributed by atoms with E-state index in [4.69, 9.17) is 5.73 Å². The number of nitrogens with one attached hydrogen (secondary N) is 1. The number of nitrogens with two attached hydrogens (primary N) is 1. The summed E-state index contributed by atoms with van der Waals surface area (Å²) in [4.78, 5) is 22.5. The maximum Gasteiger partial charge on any atom is 0.271 e. The number of nitro benzene ring substituents is 1. The van der Waals surface area contributed by atoms with Gasteiger partial charge in [0.1, 0.15) is 0 Å². The van der Waals surface area contributed by atoms with Gasteiger partial charge in [-0.1, -0.05) is 6.07 Å². The van der Waals surface area contributed by atoms with Crippen LogP contribution in [0.1, 0.15) is 11.4 Å². The smallest absolute Gasteiger partial charge is 0.271 e. The van der Waals surface area contributed by atoms with Crippen molar-refractivity contribution in [2.24, 2.45) is 10.7 Å². The van der Waals surface area contributed by atoms with Crippen molar-refractivity contribution in [2.75, 3.05) is 5.32 Å². The Morgan fingerprint density at radius 1 is 1.27 bits per heavy atom. The van der Waals surface area contributed by atoms with Crippen LogP contribution in [0.15, 0.2) is 35.3 Å². The normalized spacial score (nSPS) is 10.7. The van der Waals surface area contributed by atoms with E-state index in [1.165, 1.54) is 12.1 Å². The summed E-state index contributed by atoms with van der Waals surface area (Å²) in [6, 6.07) is 7.79. The van der Waals surface area contributed by atoms with Crippen molar-refractivity contribution in [2.45, 2.75) is 13.8 Å². The molecule has 2 aromatic rings. The number of non-ortho nitro benzene ring substituents is 1. The van der Waals surface area contributed by atoms with Gasteiger partial charge >= 0.3 is 0 Å². The number of aliphatic imine (C=N–C) groups is 1. The molecule has 0 aliphatic carbocycles. The van der Waals surface area contributed by atoms with E-state index in [1.807, 2.05) is 19.9 Å².